The molecule has 5 heteroatoms. The zero-order chi connectivity index (χ0) is 18.1. The van der Waals surface area contributed by atoms with Gasteiger partial charge in [0.1, 0.15) is 0 Å². The number of carbonyl (C=O) groups excluding carboxylic acids is 1. The van der Waals surface area contributed by atoms with Crippen LogP contribution in [0.2, 0.25) is 0 Å². The minimum Gasteiger partial charge on any atom is -0.493 e. The van der Waals surface area contributed by atoms with E-state index in [0.29, 0.717) is 17.9 Å². The summed E-state index contributed by atoms with van der Waals surface area (Å²) in [5.74, 6) is 1.42. The van der Waals surface area contributed by atoms with Crippen molar-refractivity contribution in [2.24, 2.45) is 0 Å². The first kappa shape index (κ1) is 16.7. The fraction of sp³-hybridized carbons (Fsp3) is 0.190. The van der Waals surface area contributed by atoms with Gasteiger partial charge in [-0.2, -0.15) is 0 Å². The van der Waals surface area contributed by atoms with Crippen LogP contribution in [-0.4, -0.2) is 20.1 Å². The Hall–Kier alpha value is -2.79. The van der Waals surface area contributed by atoms with Gasteiger partial charge in [0.15, 0.2) is 11.5 Å². The first-order valence-electron chi connectivity index (χ1n) is 8.40. The normalized spacial score (nSPS) is 15.9. The summed E-state index contributed by atoms with van der Waals surface area (Å²) in [6.45, 7) is 0. The molecule has 4 rings (SSSR count). The molecule has 0 saturated carbocycles. The lowest BCUT2D eigenvalue weighted by atomic mass is 9.89. The van der Waals surface area contributed by atoms with Crippen molar-refractivity contribution < 1.29 is 14.3 Å². The summed E-state index contributed by atoms with van der Waals surface area (Å²) < 4.78 is 10.8. The molecule has 0 aliphatic carbocycles. The van der Waals surface area contributed by atoms with Gasteiger partial charge in [-0.25, -0.2) is 0 Å². The average Bonchev–Trinajstić information content (AvgIpc) is 3.11. The van der Waals surface area contributed by atoms with E-state index in [0.717, 1.165) is 22.4 Å². The lowest BCUT2D eigenvalue weighted by Crippen LogP contribution is -2.22. The second kappa shape index (κ2) is 6.84. The molecule has 1 atom stereocenters. The molecule has 26 heavy (non-hydrogen) atoms. The molecule has 0 spiro atoms. The monoisotopic (exact) mass is 365 g/mol. The highest BCUT2D eigenvalue weighted by Crippen LogP contribution is 2.47. The number of benzene rings is 2. The van der Waals surface area contributed by atoms with Gasteiger partial charge in [0.05, 0.1) is 19.9 Å². The van der Waals surface area contributed by atoms with Gasteiger partial charge < -0.3 is 14.8 Å². The van der Waals surface area contributed by atoms with Crippen LogP contribution in [0.15, 0.2) is 53.9 Å². The Kier molecular flexibility index (Phi) is 4.39. The maximum absolute atomic E-state index is 12.4. The third kappa shape index (κ3) is 2.84. The van der Waals surface area contributed by atoms with Crippen LogP contribution in [0.3, 0.4) is 0 Å². The Morgan fingerprint density at radius 1 is 1.04 bits per heavy atom. The van der Waals surface area contributed by atoms with Crippen molar-refractivity contribution in [2.45, 2.75) is 12.3 Å². The summed E-state index contributed by atoms with van der Waals surface area (Å²) in [5.41, 5.74) is 4.17. The van der Waals surface area contributed by atoms with E-state index < -0.39 is 0 Å². The van der Waals surface area contributed by atoms with Gasteiger partial charge in [-0.1, -0.05) is 36.4 Å². The summed E-state index contributed by atoms with van der Waals surface area (Å²) in [7, 11) is 3.24. The van der Waals surface area contributed by atoms with E-state index in [9.17, 15) is 4.79 Å². The molecule has 3 aromatic rings. The molecule has 132 valence electrons. The van der Waals surface area contributed by atoms with Crippen molar-refractivity contribution in [3.05, 3.63) is 64.4 Å². The summed E-state index contributed by atoms with van der Waals surface area (Å²) in [6.07, 6.45) is 0.428. The van der Waals surface area contributed by atoms with Crippen molar-refractivity contribution in [3.63, 3.8) is 0 Å². The van der Waals surface area contributed by atoms with Gasteiger partial charge >= 0.3 is 0 Å². The molecular formula is C21H19NO3S. The number of carbonyl (C=O) groups is 1. The van der Waals surface area contributed by atoms with Crippen LogP contribution in [0.1, 0.15) is 22.8 Å². The quantitative estimate of drug-likeness (QED) is 0.715. The molecular weight excluding hydrogens is 346 g/mol. The zero-order valence-electron chi connectivity index (χ0n) is 14.6. The van der Waals surface area contributed by atoms with Gasteiger partial charge in [0.25, 0.3) is 0 Å². The van der Waals surface area contributed by atoms with Gasteiger partial charge in [-0.3, -0.25) is 4.79 Å². The van der Waals surface area contributed by atoms with Crippen LogP contribution in [0, 0.1) is 0 Å². The van der Waals surface area contributed by atoms with Crippen molar-refractivity contribution in [1.82, 2.24) is 0 Å². The molecule has 2 heterocycles. The SMILES string of the molecule is COc1ccc(C2CC(=O)Nc3c(-c4ccccc4)csc32)cc1OC. The molecule has 1 N–H and O–H groups in total. The largest absolute Gasteiger partial charge is 0.493 e. The summed E-state index contributed by atoms with van der Waals surface area (Å²) in [6, 6.07) is 16.0. The zero-order valence-corrected chi connectivity index (χ0v) is 15.4. The predicted octanol–water partition coefficient (Wildman–Crippen LogP) is 4.91. The second-order valence-corrected chi connectivity index (χ2v) is 7.09. The molecule has 1 unspecified atom stereocenters. The van der Waals surface area contributed by atoms with Crippen molar-refractivity contribution in [3.8, 4) is 22.6 Å². The first-order chi connectivity index (χ1) is 12.7. The smallest absolute Gasteiger partial charge is 0.225 e. The number of thiophene rings is 1. The number of rotatable bonds is 4. The number of amides is 1. The van der Waals surface area contributed by atoms with Gasteiger partial charge in [0, 0.05) is 28.2 Å². The lowest BCUT2D eigenvalue weighted by Gasteiger charge is -2.24. The Morgan fingerprint density at radius 3 is 2.54 bits per heavy atom. The summed E-state index contributed by atoms with van der Waals surface area (Å²) >= 11 is 1.69. The number of methoxy groups -OCH3 is 2. The minimum absolute atomic E-state index is 0.0148. The Morgan fingerprint density at radius 2 is 1.81 bits per heavy atom. The standard InChI is InChI=1S/C21H19NO3S/c1-24-17-9-8-14(10-18(17)25-2)15-11-19(23)22-20-16(12-26-21(15)20)13-6-4-3-5-7-13/h3-10,12,15H,11H2,1-2H3,(H,22,23). The number of ether oxygens (including phenoxy) is 2. The fourth-order valence-corrected chi connectivity index (χ4v) is 4.56. The van der Waals surface area contributed by atoms with Gasteiger partial charge in [-0.05, 0) is 23.3 Å². The highest BCUT2D eigenvalue weighted by atomic mass is 32.1. The number of nitrogens with one attached hydrogen (secondary N) is 1. The maximum Gasteiger partial charge on any atom is 0.225 e. The molecule has 1 aromatic heterocycles. The average molecular weight is 365 g/mol. The Balaban J connectivity index is 1.79. The highest BCUT2D eigenvalue weighted by Gasteiger charge is 2.30. The van der Waals surface area contributed by atoms with E-state index in [1.165, 1.54) is 4.88 Å². The molecule has 1 aliphatic rings. The molecule has 0 fully saturated rings. The van der Waals surface area contributed by atoms with Crippen LogP contribution in [0.4, 0.5) is 5.69 Å². The number of hydrogen-bond donors (Lipinski definition) is 1. The topological polar surface area (TPSA) is 47.6 Å². The molecule has 1 aliphatic heterocycles. The van der Waals surface area contributed by atoms with Crippen molar-refractivity contribution >= 4 is 22.9 Å². The third-order valence-corrected chi connectivity index (χ3v) is 5.78. The number of fused-ring (bicyclic) bond motifs is 1. The highest BCUT2D eigenvalue weighted by molar-refractivity contribution is 7.11. The van der Waals surface area contributed by atoms with Crippen LogP contribution >= 0.6 is 11.3 Å². The Labute approximate surface area is 156 Å². The fourth-order valence-electron chi connectivity index (χ4n) is 3.40. The first-order valence-corrected chi connectivity index (χ1v) is 9.27. The van der Waals surface area contributed by atoms with E-state index >= 15 is 0 Å². The van der Waals surface area contributed by atoms with Gasteiger partial charge in [0.2, 0.25) is 5.91 Å². The molecule has 0 saturated heterocycles. The van der Waals surface area contributed by atoms with E-state index in [-0.39, 0.29) is 11.8 Å². The number of hydrogen-bond acceptors (Lipinski definition) is 4. The second-order valence-electron chi connectivity index (χ2n) is 6.17. The van der Waals surface area contributed by atoms with E-state index in [4.69, 9.17) is 9.47 Å². The van der Waals surface area contributed by atoms with E-state index in [1.54, 1.807) is 25.6 Å². The van der Waals surface area contributed by atoms with E-state index in [1.807, 2.05) is 36.4 Å². The van der Waals surface area contributed by atoms with E-state index in [2.05, 4.69) is 22.8 Å². The van der Waals surface area contributed by atoms with Crippen molar-refractivity contribution in [2.75, 3.05) is 19.5 Å². The number of anilines is 1. The van der Waals surface area contributed by atoms with Gasteiger partial charge in [-0.15, -0.1) is 11.3 Å². The maximum atomic E-state index is 12.4. The molecule has 4 nitrogen and oxygen atoms in total. The minimum atomic E-state index is 0.0148. The lowest BCUT2D eigenvalue weighted by molar-refractivity contribution is -0.116. The molecule has 0 bridgehead atoms. The predicted molar refractivity (Wildman–Crippen MR) is 104 cm³/mol. The van der Waals surface area contributed by atoms with Crippen molar-refractivity contribution in [1.29, 1.82) is 0 Å². The van der Waals surface area contributed by atoms with Crippen LogP contribution in [0.25, 0.3) is 11.1 Å². The van der Waals surface area contributed by atoms with Crippen LogP contribution in [-0.2, 0) is 4.79 Å². The molecule has 0 radical (unpaired) electrons. The third-order valence-electron chi connectivity index (χ3n) is 4.68. The Bertz CT molecular complexity index is 949. The summed E-state index contributed by atoms with van der Waals surface area (Å²) in [4.78, 5) is 13.6. The molecule has 2 aromatic carbocycles. The summed E-state index contributed by atoms with van der Waals surface area (Å²) in [5, 5.41) is 5.20. The molecule has 1 amide bonds. The van der Waals surface area contributed by atoms with Crippen LogP contribution in [0.5, 0.6) is 11.5 Å². The van der Waals surface area contributed by atoms with Crippen LogP contribution < -0.4 is 14.8 Å².